The van der Waals surface area contributed by atoms with Crippen LogP contribution in [0, 0.1) is 0 Å². The van der Waals surface area contributed by atoms with Crippen LogP contribution in [0.25, 0.3) is 0 Å². The minimum Gasteiger partial charge on any atom is -0.464 e. The highest BCUT2D eigenvalue weighted by Crippen LogP contribution is 2.04. The summed E-state index contributed by atoms with van der Waals surface area (Å²) in [6.07, 6.45) is 0. The first-order chi connectivity index (χ1) is 9.02. The van der Waals surface area contributed by atoms with Crippen LogP contribution in [0.15, 0.2) is 24.3 Å². The molecule has 1 rings (SSSR count). The van der Waals surface area contributed by atoms with Crippen molar-refractivity contribution in [3.63, 3.8) is 0 Å². The molecule has 0 fully saturated rings. The number of esters is 1. The summed E-state index contributed by atoms with van der Waals surface area (Å²) in [5, 5.41) is 5.14. The van der Waals surface area contributed by atoms with Crippen molar-refractivity contribution < 1.29 is 14.3 Å². The van der Waals surface area contributed by atoms with Crippen molar-refractivity contribution in [2.45, 2.75) is 26.4 Å². The first-order valence-electron chi connectivity index (χ1n) is 6.08. The zero-order chi connectivity index (χ0) is 14.3. The molecule has 1 atom stereocenters. The van der Waals surface area contributed by atoms with Gasteiger partial charge < -0.3 is 21.1 Å². The number of hydrogen-bond acceptors (Lipinski definition) is 4. The number of hydrogen-bond donors (Lipinski definition) is 3. The SMILES string of the molecule is CCOC(=O)C(C)NC(=O)NCc1ccc(N)cc1. The minimum atomic E-state index is -0.675. The highest BCUT2D eigenvalue weighted by atomic mass is 16.5. The van der Waals surface area contributed by atoms with E-state index in [1.54, 1.807) is 26.0 Å². The maximum atomic E-state index is 11.5. The Morgan fingerprint density at radius 2 is 1.95 bits per heavy atom. The topological polar surface area (TPSA) is 93.4 Å². The lowest BCUT2D eigenvalue weighted by Crippen LogP contribution is -2.44. The first-order valence-corrected chi connectivity index (χ1v) is 6.08. The summed E-state index contributed by atoms with van der Waals surface area (Å²) in [4.78, 5) is 22.9. The van der Waals surface area contributed by atoms with Gasteiger partial charge in [-0.15, -0.1) is 0 Å². The zero-order valence-corrected chi connectivity index (χ0v) is 11.1. The van der Waals surface area contributed by atoms with E-state index in [-0.39, 0.29) is 6.61 Å². The molecule has 1 unspecified atom stereocenters. The quantitative estimate of drug-likeness (QED) is 0.547. The maximum absolute atomic E-state index is 11.5. The third-order valence-electron chi connectivity index (χ3n) is 2.42. The van der Waals surface area contributed by atoms with E-state index in [4.69, 9.17) is 10.5 Å². The van der Waals surface area contributed by atoms with Gasteiger partial charge in [0.1, 0.15) is 6.04 Å². The van der Waals surface area contributed by atoms with Crippen molar-refractivity contribution in [2.75, 3.05) is 12.3 Å². The highest BCUT2D eigenvalue weighted by Gasteiger charge is 2.15. The Hall–Kier alpha value is -2.24. The van der Waals surface area contributed by atoms with Gasteiger partial charge in [-0.2, -0.15) is 0 Å². The largest absolute Gasteiger partial charge is 0.464 e. The number of amides is 2. The van der Waals surface area contributed by atoms with Crippen LogP contribution >= 0.6 is 0 Å². The summed E-state index contributed by atoms with van der Waals surface area (Å²) < 4.78 is 4.79. The average molecular weight is 265 g/mol. The van der Waals surface area contributed by atoms with Crippen LogP contribution in [0.4, 0.5) is 10.5 Å². The van der Waals surface area contributed by atoms with Crippen molar-refractivity contribution in [1.29, 1.82) is 0 Å². The standard InChI is InChI=1S/C13H19N3O3/c1-3-19-12(17)9(2)16-13(18)15-8-10-4-6-11(14)7-5-10/h4-7,9H,3,8,14H2,1-2H3,(H2,15,16,18). The monoisotopic (exact) mass is 265 g/mol. The van der Waals surface area contributed by atoms with Crippen molar-refractivity contribution >= 4 is 17.7 Å². The summed E-state index contributed by atoms with van der Waals surface area (Å²) in [6.45, 7) is 3.94. The lowest BCUT2D eigenvalue weighted by molar-refractivity contribution is -0.144. The van der Waals surface area contributed by atoms with Gasteiger partial charge in [-0.25, -0.2) is 9.59 Å². The molecule has 1 aromatic rings. The molecular weight excluding hydrogens is 246 g/mol. The van der Waals surface area contributed by atoms with Gasteiger partial charge in [-0.3, -0.25) is 0 Å². The van der Waals surface area contributed by atoms with Crippen LogP contribution in [0.2, 0.25) is 0 Å². The Morgan fingerprint density at radius 3 is 2.53 bits per heavy atom. The molecule has 104 valence electrons. The number of urea groups is 1. The number of ether oxygens (including phenoxy) is 1. The number of rotatable bonds is 5. The number of carbonyl (C=O) groups is 2. The predicted octanol–water partition coefficient (Wildman–Crippen LogP) is 1.02. The van der Waals surface area contributed by atoms with Gasteiger partial charge in [0.25, 0.3) is 0 Å². The Bertz CT molecular complexity index is 431. The Balaban J connectivity index is 2.35. The van der Waals surface area contributed by atoms with Crippen molar-refractivity contribution in [3.05, 3.63) is 29.8 Å². The molecule has 0 aromatic heterocycles. The van der Waals surface area contributed by atoms with Crippen molar-refractivity contribution in [1.82, 2.24) is 10.6 Å². The minimum absolute atomic E-state index is 0.290. The number of nitrogens with one attached hydrogen (secondary N) is 2. The fourth-order valence-electron chi connectivity index (χ4n) is 1.39. The van der Waals surface area contributed by atoms with Gasteiger partial charge in [-0.05, 0) is 31.5 Å². The molecule has 6 nitrogen and oxygen atoms in total. The number of benzene rings is 1. The highest BCUT2D eigenvalue weighted by molar-refractivity contribution is 5.83. The summed E-state index contributed by atoms with van der Waals surface area (Å²) in [5.41, 5.74) is 7.15. The number of carbonyl (C=O) groups excluding carboxylic acids is 2. The fraction of sp³-hybridized carbons (Fsp3) is 0.385. The summed E-state index contributed by atoms with van der Waals surface area (Å²) in [7, 11) is 0. The van der Waals surface area contributed by atoms with E-state index in [9.17, 15) is 9.59 Å². The molecule has 0 spiro atoms. The van der Waals surface area contributed by atoms with E-state index in [0.717, 1.165) is 5.56 Å². The average Bonchev–Trinajstić information content (AvgIpc) is 2.38. The Morgan fingerprint density at radius 1 is 1.32 bits per heavy atom. The zero-order valence-electron chi connectivity index (χ0n) is 11.1. The van der Waals surface area contributed by atoms with Crippen molar-refractivity contribution in [3.8, 4) is 0 Å². The van der Waals surface area contributed by atoms with E-state index in [2.05, 4.69) is 10.6 Å². The number of nitrogens with two attached hydrogens (primary N) is 1. The van der Waals surface area contributed by atoms with Gasteiger partial charge in [0.15, 0.2) is 0 Å². The maximum Gasteiger partial charge on any atom is 0.328 e. The van der Waals surface area contributed by atoms with Gasteiger partial charge in [0, 0.05) is 12.2 Å². The van der Waals surface area contributed by atoms with Gasteiger partial charge in [-0.1, -0.05) is 12.1 Å². The first kappa shape index (κ1) is 14.8. The van der Waals surface area contributed by atoms with E-state index < -0.39 is 18.0 Å². The lowest BCUT2D eigenvalue weighted by atomic mass is 10.2. The van der Waals surface area contributed by atoms with Crippen molar-refractivity contribution in [2.24, 2.45) is 0 Å². The summed E-state index contributed by atoms with van der Waals surface area (Å²) >= 11 is 0. The van der Waals surface area contributed by atoms with Gasteiger partial charge >= 0.3 is 12.0 Å². The molecule has 4 N–H and O–H groups in total. The Kier molecular flexibility index (Phi) is 5.66. The van der Waals surface area contributed by atoms with Crippen LogP contribution in [0.5, 0.6) is 0 Å². The molecule has 6 heteroatoms. The molecule has 0 saturated heterocycles. The van der Waals surface area contributed by atoms with Crippen LogP contribution < -0.4 is 16.4 Å². The summed E-state index contributed by atoms with van der Waals surface area (Å²) in [5.74, 6) is -0.454. The van der Waals surface area contributed by atoms with E-state index in [0.29, 0.717) is 12.2 Å². The van der Waals surface area contributed by atoms with Crippen LogP contribution in [0.1, 0.15) is 19.4 Å². The molecule has 2 amide bonds. The molecular formula is C13H19N3O3. The molecule has 0 heterocycles. The Labute approximate surface area is 112 Å². The van der Waals surface area contributed by atoms with E-state index >= 15 is 0 Å². The lowest BCUT2D eigenvalue weighted by Gasteiger charge is -2.13. The van der Waals surface area contributed by atoms with E-state index in [1.807, 2.05) is 12.1 Å². The van der Waals surface area contributed by atoms with Gasteiger partial charge in [0.2, 0.25) is 0 Å². The smallest absolute Gasteiger partial charge is 0.328 e. The van der Waals surface area contributed by atoms with Gasteiger partial charge in [0.05, 0.1) is 6.61 Å². The molecule has 1 aromatic carbocycles. The number of anilines is 1. The normalized spacial score (nSPS) is 11.5. The van der Waals surface area contributed by atoms with Crippen LogP contribution in [-0.2, 0) is 16.1 Å². The molecule has 0 aliphatic carbocycles. The molecule has 19 heavy (non-hydrogen) atoms. The third kappa shape index (κ3) is 5.29. The fourth-order valence-corrected chi connectivity index (χ4v) is 1.39. The van der Waals surface area contributed by atoms with Crippen LogP contribution in [-0.4, -0.2) is 24.6 Å². The second kappa shape index (κ2) is 7.25. The molecule has 0 radical (unpaired) electrons. The predicted molar refractivity (Wildman–Crippen MR) is 72.3 cm³/mol. The third-order valence-corrected chi connectivity index (χ3v) is 2.42. The second-order valence-corrected chi connectivity index (χ2v) is 4.04. The molecule has 0 saturated carbocycles. The second-order valence-electron chi connectivity index (χ2n) is 4.04. The molecule has 0 aliphatic rings. The van der Waals surface area contributed by atoms with E-state index in [1.165, 1.54) is 0 Å². The molecule has 0 aliphatic heterocycles. The van der Waals surface area contributed by atoms with Crippen LogP contribution in [0.3, 0.4) is 0 Å². The summed E-state index contributed by atoms with van der Waals surface area (Å²) in [6, 6.07) is 6.07. The number of nitrogen functional groups attached to an aromatic ring is 1. The molecule has 0 bridgehead atoms.